The molecule has 0 aromatic carbocycles. The Kier molecular flexibility index (Phi) is 11.7. The summed E-state index contributed by atoms with van der Waals surface area (Å²) in [7, 11) is -3.25. The first-order valence-electron chi connectivity index (χ1n) is 10.7. The smallest absolute Gasteiger partial charge is 0.450 e. The van der Waals surface area contributed by atoms with Crippen molar-refractivity contribution in [2.24, 2.45) is 21.3 Å². The lowest BCUT2D eigenvalue weighted by Crippen LogP contribution is -2.52. The van der Waals surface area contributed by atoms with E-state index in [1.165, 1.54) is 6.34 Å². The van der Waals surface area contributed by atoms with Gasteiger partial charge in [-0.2, -0.15) is 0 Å². The molecule has 1 fully saturated rings. The first kappa shape index (κ1) is 30.5. The Labute approximate surface area is 202 Å². The minimum Gasteiger partial charge on any atom is -0.450 e. The number of rotatable bonds is 6. The van der Waals surface area contributed by atoms with Crippen LogP contribution < -0.4 is 5.32 Å². The number of nitrogens with zero attached hydrogens (tertiary/aromatic N) is 3. The van der Waals surface area contributed by atoms with Gasteiger partial charge < -0.3 is 39.5 Å². The summed E-state index contributed by atoms with van der Waals surface area (Å²) in [6.45, 7) is 10.2. The topological polar surface area (TPSA) is 224 Å². The van der Waals surface area contributed by atoms with E-state index in [-0.39, 0.29) is 29.9 Å². The maximum Gasteiger partial charge on any atom is 0.503 e. The van der Waals surface area contributed by atoms with Gasteiger partial charge in [-0.3, -0.25) is 19.9 Å². The van der Waals surface area contributed by atoms with Crippen molar-refractivity contribution in [3.63, 3.8) is 0 Å². The average molecular weight is 523 g/mol. The molecule has 1 saturated heterocycles. The highest BCUT2D eigenvalue weighted by Gasteiger charge is 2.39. The van der Waals surface area contributed by atoms with Crippen LogP contribution in [0.4, 0.5) is 9.59 Å². The fraction of sp³-hybridized carbons (Fsp3) is 0.737. The summed E-state index contributed by atoms with van der Waals surface area (Å²) >= 11 is 0. The lowest BCUT2D eigenvalue weighted by molar-refractivity contribution is 0.0460. The third-order valence-electron chi connectivity index (χ3n) is 5.67. The van der Waals surface area contributed by atoms with E-state index in [0.717, 1.165) is 6.42 Å². The van der Waals surface area contributed by atoms with Crippen LogP contribution >= 0.6 is 7.60 Å². The molecule has 16 heteroatoms. The number of aliphatic imine (C=N–C) groups is 2. The summed E-state index contributed by atoms with van der Waals surface area (Å²) in [6.07, 6.45) is -1.73. The van der Waals surface area contributed by atoms with Crippen LogP contribution in [-0.4, -0.2) is 101 Å². The Morgan fingerprint density at radius 2 is 1.89 bits per heavy atom. The van der Waals surface area contributed by atoms with Crippen molar-refractivity contribution >= 4 is 37.8 Å². The molecule has 6 N–H and O–H groups in total. The molecule has 3 heterocycles. The number of fused-ring (bicyclic) bond motifs is 1. The van der Waals surface area contributed by atoms with Gasteiger partial charge in [-0.05, 0) is 24.7 Å². The van der Waals surface area contributed by atoms with Crippen molar-refractivity contribution in [1.82, 2.24) is 10.2 Å². The normalized spacial score (nSPS) is 28.8. The quantitative estimate of drug-likeness (QED) is 0.276. The van der Waals surface area contributed by atoms with Gasteiger partial charge in [-0.15, -0.1) is 0 Å². The lowest BCUT2D eigenvalue weighted by atomic mass is 9.77. The summed E-state index contributed by atoms with van der Waals surface area (Å²) in [6, 6.07) is 0. The maximum absolute atomic E-state index is 12.9. The molecular weight excluding hydrogens is 489 g/mol. The molecule has 0 saturated carbocycles. The Bertz CT molecular complexity index is 847. The van der Waals surface area contributed by atoms with Crippen LogP contribution in [0.15, 0.2) is 9.98 Å². The maximum atomic E-state index is 12.9. The molecule has 0 aromatic rings. The molecular formula is C19H34N5O10P. The van der Waals surface area contributed by atoms with Crippen molar-refractivity contribution in [1.29, 1.82) is 5.41 Å². The molecule has 200 valence electrons. The zero-order valence-electron chi connectivity index (χ0n) is 20.1. The minimum atomic E-state index is -3.25. The molecule has 4 atom stereocenters. The highest BCUT2D eigenvalue weighted by atomic mass is 31.2. The molecule has 0 aliphatic carbocycles. The first-order chi connectivity index (χ1) is 16.2. The zero-order chi connectivity index (χ0) is 26.8. The molecule has 0 radical (unpaired) electrons. The van der Waals surface area contributed by atoms with Gasteiger partial charge in [-0.1, -0.05) is 20.8 Å². The fourth-order valence-electron chi connectivity index (χ4n) is 3.20. The number of ether oxygens (including phenoxy) is 1. The van der Waals surface area contributed by atoms with Crippen LogP contribution in [0.25, 0.3) is 0 Å². The van der Waals surface area contributed by atoms with Crippen LogP contribution in [0.5, 0.6) is 0 Å². The number of carboxylic acid groups (broad SMARTS) is 4. The Morgan fingerprint density at radius 1 is 1.29 bits per heavy atom. The largest absolute Gasteiger partial charge is 0.503 e. The standard InChI is InChI=1S/C17H30N5O4P.2CH2O3/c1-12(2)17(4)5-6-25-27(23,26-8-17)11-24-13(3)7-22-10-21-14-15(18)19-9-20-16(14)22;2*2-1(3)4/h9,12-13,16H,5-8,10-11H2,1-4H3,(H2,18,19,20);2*(H2,2,3,4)/t13-,16?,17?,27?;;/m1../s1. The van der Waals surface area contributed by atoms with Gasteiger partial charge in [0.1, 0.15) is 18.2 Å². The summed E-state index contributed by atoms with van der Waals surface area (Å²) in [5.41, 5.74) is 0.598. The van der Waals surface area contributed by atoms with E-state index < -0.39 is 19.9 Å². The number of nitrogens with one attached hydrogen (secondary N) is 2. The molecule has 15 nitrogen and oxygen atoms in total. The third kappa shape index (κ3) is 10.3. The van der Waals surface area contributed by atoms with E-state index in [4.69, 9.17) is 49.2 Å². The van der Waals surface area contributed by atoms with E-state index in [0.29, 0.717) is 38.1 Å². The van der Waals surface area contributed by atoms with E-state index >= 15 is 0 Å². The van der Waals surface area contributed by atoms with Crippen LogP contribution in [0.2, 0.25) is 0 Å². The second-order valence-electron chi connectivity index (χ2n) is 8.58. The van der Waals surface area contributed by atoms with Crippen molar-refractivity contribution in [3.8, 4) is 0 Å². The second-order valence-corrected chi connectivity index (χ2v) is 10.6. The van der Waals surface area contributed by atoms with Crippen LogP contribution in [-0.2, 0) is 18.3 Å². The van der Waals surface area contributed by atoms with Crippen LogP contribution in [0.3, 0.4) is 0 Å². The number of amidine groups is 1. The predicted molar refractivity (Wildman–Crippen MR) is 126 cm³/mol. The van der Waals surface area contributed by atoms with Gasteiger partial charge in [0.2, 0.25) is 0 Å². The molecule has 0 spiro atoms. The fourth-order valence-corrected chi connectivity index (χ4v) is 4.72. The van der Waals surface area contributed by atoms with Crippen LogP contribution in [0.1, 0.15) is 34.1 Å². The summed E-state index contributed by atoms with van der Waals surface area (Å²) in [4.78, 5) is 27.4. The third-order valence-corrected chi connectivity index (χ3v) is 7.23. The van der Waals surface area contributed by atoms with Gasteiger partial charge in [0.05, 0.1) is 32.3 Å². The minimum absolute atomic E-state index is 0.0419. The number of hydrogen-bond acceptors (Lipinski definition) is 10. The van der Waals surface area contributed by atoms with E-state index in [1.54, 1.807) is 0 Å². The van der Waals surface area contributed by atoms with Crippen molar-refractivity contribution in [2.45, 2.75) is 46.4 Å². The second kappa shape index (κ2) is 13.5. The number of hydrogen-bond donors (Lipinski definition) is 6. The van der Waals surface area contributed by atoms with Gasteiger partial charge in [0.25, 0.3) is 0 Å². The molecule has 0 amide bonds. The molecule has 3 rings (SSSR count). The Morgan fingerprint density at radius 3 is 2.46 bits per heavy atom. The van der Waals surface area contributed by atoms with E-state index in [1.807, 2.05) is 6.92 Å². The molecule has 3 aliphatic heterocycles. The van der Waals surface area contributed by atoms with Gasteiger partial charge in [0, 0.05) is 6.54 Å². The molecule has 0 aromatic heterocycles. The van der Waals surface area contributed by atoms with Crippen molar-refractivity contribution in [2.75, 3.05) is 32.8 Å². The monoisotopic (exact) mass is 523 g/mol. The SMILES string of the molecule is CC(C)C1(C)CCOP(=O)(CO[C@H](C)CN2CN=C3C(=N)N=CNC32)OC1.O=C(O)O.O=C(O)O. The van der Waals surface area contributed by atoms with Crippen LogP contribution in [0, 0.1) is 16.7 Å². The summed E-state index contributed by atoms with van der Waals surface area (Å²) < 4.78 is 30.0. The summed E-state index contributed by atoms with van der Waals surface area (Å²) in [5, 5.41) is 38.8. The summed E-state index contributed by atoms with van der Waals surface area (Å²) in [5.74, 6) is 0.606. The van der Waals surface area contributed by atoms with Gasteiger partial charge >= 0.3 is 19.9 Å². The van der Waals surface area contributed by atoms with E-state index in [9.17, 15) is 4.57 Å². The zero-order valence-corrected chi connectivity index (χ0v) is 21.0. The molecule has 3 unspecified atom stereocenters. The number of carbonyl (C=O) groups is 2. The van der Waals surface area contributed by atoms with Gasteiger partial charge in [0.15, 0.2) is 5.84 Å². The predicted octanol–water partition coefficient (Wildman–Crippen LogP) is 2.74. The first-order valence-corrected chi connectivity index (χ1v) is 12.4. The average Bonchev–Trinajstić information content (AvgIpc) is 3.06. The van der Waals surface area contributed by atoms with E-state index in [2.05, 4.69) is 41.0 Å². The van der Waals surface area contributed by atoms with Crippen molar-refractivity contribution in [3.05, 3.63) is 0 Å². The highest BCUT2D eigenvalue weighted by Crippen LogP contribution is 2.53. The molecule has 35 heavy (non-hydrogen) atoms. The highest BCUT2D eigenvalue weighted by molar-refractivity contribution is 7.53. The van der Waals surface area contributed by atoms with Gasteiger partial charge in [-0.25, -0.2) is 14.6 Å². The molecule has 0 bridgehead atoms. The molecule has 3 aliphatic rings. The van der Waals surface area contributed by atoms with Crippen molar-refractivity contribution < 1.29 is 48.4 Å². The Balaban J connectivity index is 0.000000668. The lowest BCUT2D eigenvalue weighted by Gasteiger charge is -2.31. The Hall–Kier alpha value is -2.58.